The minimum atomic E-state index is -0.308. The lowest BCUT2D eigenvalue weighted by atomic mass is 10.1. The van der Waals surface area contributed by atoms with Crippen molar-refractivity contribution in [3.63, 3.8) is 0 Å². The van der Waals surface area contributed by atoms with Gasteiger partial charge >= 0.3 is 6.09 Å². The van der Waals surface area contributed by atoms with E-state index in [1.807, 2.05) is 18.2 Å². The van der Waals surface area contributed by atoms with Crippen LogP contribution in [0.4, 0.5) is 4.79 Å². The van der Waals surface area contributed by atoms with Gasteiger partial charge in [-0.25, -0.2) is 4.79 Å². The minimum absolute atomic E-state index is 0.0529. The molecule has 1 amide bonds. The van der Waals surface area contributed by atoms with Crippen LogP contribution in [0.3, 0.4) is 0 Å². The minimum Gasteiger partial charge on any atom is -0.446 e. The molecule has 1 aliphatic rings. The molecule has 1 heterocycles. The van der Waals surface area contributed by atoms with Gasteiger partial charge in [0.05, 0.1) is 0 Å². The summed E-state index contributed by atoms with van der Waals surface area (Å²) in [5, 5.41) is 2.71. The van der Waals surface area contributed by atoms with E-state index in [1.54, 1.807) is 0 Å². The van der Waals surface area contributed by atoms with Gasteiger partial charge in [-0.2, -0.15) is 0 Å². The highest BCUT2D eigenvalue weighted by Crippen LogP contribution is 2.14. The molecule has 0 unspecified atom stereocenters. The summed E-state index contributed by atoms with van der Waals surface area (Å²) in [5.41, 5.74) is 0. The van der Waals surface area contributed by atoms with Crippen LogP contribution in [0, 0.1) is 0 Å². The SMILES string of the molecule is CC(C)NC(=O)OC1CCN(S)CC1. The number of amides is 1. The van der Waals surface area contributed by atoms with E-state index in [-0.39, 0.29) is 18.2 Å². The summed E-state index contributed by atoms with van der Waals surface area (Å²) in [6.07, 6.45) is 1.49. The molecule has 1 rings (SSSR count). The molecule has 14 heavy (non-hydrogen) atoms. The summed E-state index contributed by atoms with van der Waals surface area (Å²) in [6, 6.07) is 0.132. The quantitative estimate of drug-likeness (QED) is 0.689. The Kier molecular flexibility index (Phi) is 4.54. The Morgan fingerprint density at radius 1 is 1.50 bits per heavy atom. The third kappa shape index (κ3) is 4.19. The van der Waals surface area contributed by atoms with E-state index in [4.69, 9.17) is 4.74 Å². The number of alkyl carbamates (subject to hydrolysis) is 1. The number of hydrogen-bond acceptors (Lipinski definition) is 4. The molecular weight excluding hydrogens is 200 g/mol. The fraction of sp³-hybridized carbons (Fsp3) is 0.889. The van der Waals surface area contributed by atoms with Crippen LogP contribution < -0.4 is 5.32 Å². The van der Waals surface area contributed by atoms with Gasteiger partial charge in [0.2, 0.25) is 0 Å². The van der Waals surface area contributed by atoms with E-state index in [2.05, 4.69) is 18.1 Å². The van der Waals surface area contributed by atoms with Crippen molar-refractivity contribution in [3.05, 3.63) is 0 Å². The molecule has 0 saturated carbocycles. The number of nitrogens with zero attached hydrogens (tertiary/aromatic N) is 1. The lowest BCUT2D eigenvalue weighted by Crippen LogP contribution is -2.38. The van der Waals surface area contributed by atoms with Crippen molar-refractivity contribution in [2.75, 3.05) is 13.1 Å². The number of rotatable bonds is 2. The highest BCUT2D eigenvalue weighted by atomic mass is 32.1. The lowest BCUT2D eigenvalue weighted by molar-refractivity contribution is 0.0676. The molecule has 0 bridgehead atoms. The zero-order chi connectivity index (χ0) is 10.6. The molecule has 4 nitrogen and oxygen atoms in total. The summed E-state index contributed by atoms with van der Waals surface area (Å²) in [4.78, 5) is 11.2. The number of piperidine rings is 1. The maximum absolute atomic E-state index is 11.2. The predicted molar refractivity (Wildman–Crippen MR) is 58.3 cm³/mol. The monoisotopic (exact) mass is 218 g/mol. The summed E-state index contributed by atoms with van der Waals surface area (Å²) >= 11 is 4.23. The van der Waals surface area contributed by atoms with Gasteiger partial charge in [-0.05, 0) is 26.7 Å². The van der Waals surface area contributed by atoms with Crippen LogP contribution in [0.1, 0.15) is 26.7 Å². The van der Waals surface area contributed by atoms with Crippen LogP contribution in [0.15, 0.2) is 0 Å². The van der Waals surface area contributed by atoms with Crippen LogP contribution in [0.5, 0.6) is 0 Å². The molecule has 0 aromatic rings. The number of carbonyl (C=O) groups is 1. The maximum atomic E-state index is 11.2. The van der Waals surface area contributed by atoms with Crippen LogP contribution in [-0.4, -0.2) is 35.6 Å². The second-order valence-corrected chi connectivity index (χ2v) is 4.42. The van der Waals surface area contributed by atoms with Crippen molar-refractivity contribution >= 4 is 18.9 Å². The number of ether oxygens (including phenoxy) is 1. The van der Waals surface area contributed by atoms with E-state index in [0.29, 0.717) is 0 Å². The Hall–Kier alpha value is -0.420. The van der Waals surface area contributed by atoms with Crippen molar-refractivity contribution in [2.45, 2.75) is 38.8 Å². The fourth-order valence-corrected chi connectivity index (χ4v) is 1.61. The van der Waals surface area contributed by atoms with Gasteiger partial charge in [-0.3, -0.25) is 4.31 Å². The highest BCUT2D eigenvalue weighted by molar-refractivity contribution is 7.77. The summed E-state index contributed by atoms with van der Waals surface area (Å²) in [6.45, 7) is 5.58. The van der Waals surface area contributed by atoms with Crippen molar-refractivity contribution in [2.24, 2.45) is 0 Å². The van der Waals surface area contributed by atoms with Crippen molar-refractivity contribution in [1.29, 1.82) is 0 Å². The first-order valence-corrected chi connectivity index (χ1v) is 5.39. The summed E-state index contributed by atoms with van der Waals surface area (Å²) in [5.74, 6) is 0. The zero-order valence-corrected chi connectivity index (χ0v) is 9.59. The summed E-state index contributed by atoms with van der Waals surface area (Å²) < 4.78 is 7.18. The normalized spacial score (nSPS) is 19.7. The van der Waals surface area contributed by atoms with Crippen molar-refractivity contribution < 1.29 is 9.53 Å². The van der Waals surface area contributed by atoms with Gasteiger partial charge in [0.15, 0.2) is 0 Å². The fourth-order valence-electron chi connectivity index (χ4n) is 1.38. The lowest BCUT2D eigenvalue weighted by Gasteiger charge is -2.27. The standard InChI is InChI=1S/C9H18N2O2S/c1-7(2)10-9(12)13-8-3-5-11(14)6-4-8/h7-8,14H,3-6H2,1-2H3,(H,10,12). The number of hydrogen-bond donors (Lipinski definition) is 2. The Morgan fingerprint density at radius 3 is 2.57 bits per heavy atom. The first kappa shape index (κ1) is 11.7. The zero-order valence-electron chi connectivity index (χ0n) is 8.69. The molecule has 5 heteroatoms. The van der Waals surface area contributed by atoms with Crippen LogP contribution in [-0.2, 0) is 4.74 Å². The Labute approximate surface area is 90.5 Å². The van der Waals surface area contributed by atoms with Crippen molar-refractivity contribution in [1.82, 2.24) is 9.62 Å². The molecule has 1 fully saturated rings. The first-order valence-electron chi connectivity index (χ1n) is 4.99. The second-order valence-electron chi connectivity index (χ2n) is 3.86. The molecule has 1 aliphatic heterocycles. The van der Waals surface area contributed by atoms with Gasteiger partial charge in [0, 0.05) is 19.1 Å². The first-order chi connectivity index (χ1) is 6.58. The van der Waals surface area contributed by atoms with Gasteiger partial charge < -0.3 is 10.1 Å². The Morgan fingerprint density at radius 2 is 2.07 bits per heavy atom. The van der Waals surface area contributed by atoms with Gasteiger partial charge in [0.1, 0.15) is 6.10 Å². The average molecular weight is 218 g/mol. The Bertz CT molecular complexity index is 191. The molecule has 0 aromatic heterocycles. The predicted octanol–water partition coefficient (Wildman–Crippen LogP) is 1.43. The maximum Gasteiger partial charge on any atom is 0.407 e. The van der Waals surface area contributed by atoms with Gasteiger partial charge in [-0.1, -0.05) is 12.8 Å². The molecular formula is C9H18N2O2S. The average Bonchev–Trinajstić information content (AvgIpc) is 2.07. The number of thiol groups is 1. The molecule has 82 valence electrons. The second kappa shape index (κ2) is 5.46. The largest absolute Gasteiger partial charge is 0.446 e. The van der Waals surface area contributed by atoms with Crippen LogP contribution in [0.25, 0.3) is 0 Å². The molecule has 1 N–H and O–H groups in total. The van der Waals surface area contributed by atoms with Gasteiger partial charge in [-0.15, -0.1) is 0 Å². The van der Waals surface area contributed by atoms with E-state index < -0.39 is 0 Å². The van der Waals surface area contributed by atoms with Crippen LogP contribution in [0.2, 0.25) is 0 Å². The molecule has 0 spiro atoms. The smallest absolute Gasteiger partial charge is 0.407 e. The molecule has 0 radical (unpaired) electrons. The molecule has 0 atom stereocenters. The molecule has 1 saturated heterocycles. The van der Waals surface area contributed by atoms with Crippen LogP contribution >= 0.6 is 12.8 Å². The van der Waals surface area contributed by atoms with E-state index in [0.717, 1.165) is 25.9 Å². The van der Waals surface area contributed by atoms with Gasteiger partial charge in [0.25, 0.3) is 0 Å². The number of nitrogens with one attached hydrogen (secondary N) is 1. The third-order valence-electron chi connectivity index (χ3n) is 2.10. The third-order valence-corrected chi connectivity index (χ3v) is 2.50. The van der Waals surface area contributed by atoms with E-state index in [9.17, 15) is 4.79 Å². The Balaban J connectivity index is 2.20. The topological polar surface area (TPSA) is 41.6 Å². The van der Waals surface area contributed by atoms with Crippen molar-refractivity contribution in [3.8, 4) is 0 Å². The summed E-state index contributed by atoms with van der Waals surface area (Å²) in [7, 11) is 0. The molecule has 0 aromatic carbocycles. The molecule has 0 aliphatic carbocycles. The number of carbonyl (C=O) groups excluding carboxylic acids is 1. The van der Waals surface area contributed by atoms with E-state index in [1.165, 1.54) is 0 Å². The van der Waals surface area contributed by atoms with E-state index >= 15 is 0 Å². The highest BCUT2D eigenvalue weighted by Gasteiger charge is 2.20.